The van der Waals surface area contributed by atoms with Crippen LogP contribution in [0, 0.1) is 4.77 Å². The Morgan fingerprint density at radius 3 is 2.50 bits per heavy atom. The largest absolute Gasteiger partial charge is 0.497 e. The lowest BCUT2D eigenvalue weighted by Crippen LogP contribution is -2.27. The molecule has 1 aromatic heterocycles. The molecule has 0 bridgehead atoms. The van der Waals surface area contributed by atoms with Crippen LogP contribution in [-0.2, 0) is 17.9 Å². The van der Waals surface area contributed by atoms with E-state index < -0.39 is 0 Å². The van der Waals surface area contributed by atoms with Crippen molar-refractivity contribution in [2.45, 2.75) is 26.4 Å². The molecule has 0 atom stereocenters. The fraction of sp³-hybridized carbons (Fsp3) is 0.348. The summed E-state index contributed by atoms with van der Waals surface area (Å²) in [5.74, 6) is 2.85. The number of carbonyl (C=O) groups is 1. The summed E-state index contributed by atoms with van der Waals surface area (Å²) in [6, 6.07) is 13.2. The van der Waals surface area contributed by atoms with Crippen molar-refractivity contribution in [3.8, 4) is 28.6 Å². The minimum atomic E-state index is -0.0105. The summed E-state index contributed by atoms with van der Waals surface area (Å²) < 4.78 is 18.5. The van der Waals surface area contributed by atoms with Crippen LogP contribution in [0.1, 0.15) is 18.9 Å². The van der Waals surface area contributed by atoms with Gasteiger partial charge < -0.3 is 19.1 Å². The lowest BCUT2D eigenvalue weighted by Gasteiger charge is -2.19. The van der Waals surface area contributed by atoms with Crippen molar-refractivity contribution in [3.05, 3.63) is 52.8 Å². The van der Waals surface area contributed by atoms with Gasteiger partial charge in [-0.25, -0.2) is 0 Å². The number of rotatable bonds is 10. The summed E-state index contributed by atoms with van der Waals surface area (Å²) in [5, 5.41) is 7.17. The van der Waals surface area contributed by atoms with Crippen LogP contribution in [-0.4, -0.2) is 53.4 Å². The molecule has 0 radical (unpaired) electrons. The van der Waals surface area contributed by atoms with Gasteiger partial charge in [-0.1, -0.05) is 0 Å². The van der Waals surface area contributed by atoms with Crippen LogP contribution in [0.3, 0.4) is 0 Å². The van der Waals surface area contributed by atoms with Crippen LogP contribution in [0.25, 0.3) is 11.4 Å². The van der Waals surface area contributed by atoms with Gasteiger partial charge in [0.15, 0.2) is 10.6 Å². The van der Waals surface area contributed by atoms with Gasteiger partial charge in [-0.2, -0.15) is 5.10 Å². The van der Waals surface area contributed by atoms with Gasteiger partial charge in [-0.05, 0) is 55.5 Å². The molecule has 0 fully saturated rings. The topological polar surface area (TPSA) is 81.6 Å². The molecular formula is C23H28N4O4S. The lowest BCUT2D eigenvalue weighted by atomic mass is 10.1. The SMILES string of the molecule is CCOc1ccc(-c2n[nH]c(=S)n2CCC(=O)N(C)Cc2ccc(OC)cc2OC)cc1. The number of methoxy groups -OCH3 is 2. The normalized spacial score (nSPS) is 10.6. The van der Waals surface area contributed by atoms with E-state index in [9.17, 15) is 4.79 Å². The number of benzene rings is 2. The summed E-state index contributed by atoms with van der Waals surface area (Å²) in [7, 11) is 4.98. The number of amides is 1. The molecule has 32 heavy (non-hydrogen) atoms. The van der Waals surface area contributed by atoms with E-state index in [1.165, 1.54) is 0 Å². The number of hydrogen-bond donors (Lipinski definition) is 1. The van der Waals surface area contributed by atoms with Gasteiger partial charge in [0.1, 0.15) is 17.2 Å². The van der Waals surface area contributed by atoms with E-state index in [-0.39, 0.29) is 12.3 Å². The first-order valence-corrected chi connectivity index (χ1v) is 10.7. The second kappa shape index (κ2) is 10.8. The molecule has 1 N–H and O–H groups in total. The molecular weight excluding hydrogens is 428 g/mol. The van der Waals surface area contributed by atoms with Crippen molar-refractivity contribution < 1.29 is 19.0 Å². The molecule has 9 heteroatoms. The molecule has 170 valence electrons. The summed E-state index contributed by atoms with van der Waals surface area (Å²) in [4.78, 5) is 14.5. The Bertz CT molecular complexity index is 1110. The molecule has 3 aromatic rings. The van der Waals surface area contributed by atoms with Crippen molar-refractivity contribution in [1.29, 1.82) is 0 Å². The smallest absolute Gasteiger partial charge is 0.224 e. The highest BCUT2D eigenvalue weighted by Crippen LogP contribution is 2.26. The van der Waals surface area contributed by atoms with Crippen LogP contribution in [0.2, 0.25) is 0 Å². The molecule has 0 aliphatic heterocycles. The molecule has 0 aliphatic rings. The van der Waals surface area contributed by atoms with Gasteiger partial charge >= 0.3 is 0 Å². The number of aromatic nitrogens is 3. The summed E-state index contributed by atoms with van der Waals surface area (Å²) in [5.41, 5.74) is 1.80. The van der Waals surface area contributed by atoms with E-state index >= 15 is 0 Å². The first-order valence-electron chi connectivity index (χ1n) is 10.3. The average Bonchev–Trinajstić information content (AvgIpc) is 3.18. The van der Waals surface area contributed by atoms with Crippen molar-refractivity contribution >= 4 is 18.1 Å². The van der Waals surface area contributed by atoms with Crippen LogP contribution in [0.15, 0.2) is 42.5 Å². The number of hydrogen-bond acceptors (Lipinski definition) is 6. The molecule has 0 saturated carbocycles. The van der Waals surface area contributed by atoms with Gasteiger partial charge in [-0.3, -0.25) is 14.5 Å². The number of carbonyl (C=O) groups excluding carboxylic acids is 1. The summed E-state index contributed by atoms with van der Waals surface area (Å²) in [6.45, 7) is 3.39. The van der Waals surface area contributed by atoms with E-state index in [4.69, 9.17) is 26.4 Å². The van der Waals surface area contributed by atoms with Crippen molar-refractivity contribution in [1.82, 2.24) is 19.7 Å². The third kappa shape index (κ3) is 5.47. The van der Waals surface area contributed by atoms with Crippen LogP contribution in [0.5, 0.6) is 17.2 Å². The average molecular weight is 457 g/mol. The van der Waals surface area contributed by atoms with Crippen molar-refractivity contribution in [2.75, 3.05) is 27.9 Å². The molecule has 0 aliphatic carbocycles. The lowest BCUT2D eigenvalue weighted by molar-refractivity contribution is -0.130. The van der Waals surface area contributed by atoms with Gasteiger partial charge in [0.25, 0.3) is 0 Å². The molecule has 0 spiro atoms. The van der Waals surface area contributed by atoms with Gasteiger partial charge in [-0.15, -0.1) is 0 Å². The van der Waals surface area contributed by atoms with E-state index in [1.807, 2.05) is 54.0 Å². The highest BCUT2D eigenvalue weighted by atomic mass is 32.1. The van der Waals surface area contributed by atoms with Crippen LogP contribution < -0.4 is 14.2 Å². The quantitative estimate of drug-likeness (QED) is 0.463. The van der Waals surface area contributed by atoms with Crippen molar-refractivity contribution in [3.63, 3.8) is 0 Å². The number of H-pyrrole nitrogens is 1. The van der Waals surface area contributed by atoms with Gasteiger partial charge in [0.2, 0.25) is 5.91 Å². The van der Waals surface area contributed by atoms with E-state index in [1.54, 1.807) is 26.2 Å². The predicted molar refractivity (Wildman–Crippen MR) is 125 cm³/mol. The van der Waals surface area contributed by atoms with Gasteiger partial charge in [0.05, 0.1) is 20.8 Å². The number of nitrogens with zero attached hydrogens (tertiary/aromatic N) is 3. The van der Waals surface area contributed by atoms with Crippen molar-refractivity contribution in [2.24, 2.45) is 0 Å². The van der Waals surface area contributed by atoms with Crippen LogP contribution in [0.4, 0.5) is 0 Å². The summed E-state index contributed by atoms with van der Waals surface area (Å²) in [6.07, 6.45) is 0.285. The Morgan fingerprint density at radius 2 is 1.84 bits per heavy atom. The standard InChI is InChI=1S/C23H28N4O4S/c1-5-31-18-9-6-16(7-10-18)22-24-25-23(32)27(22)13-12-21(28)26(2)15-17-8-11-19(29-3)14-20(17)30-4/h6-11,14H,5,12-13,15H2,1-4H3,(H,25,32). The fourth-order valence-corrected chi connectivity index (χ4v) is 3.56. The van der Waals surface area contributed by atoms with E-state index in [2.05, 4.69) is 10.2 Å². The van der Waals surface area contributed by atoms with E-state index in [0.717, 1.165) is 16.9 Å². The fourth-order valence-electron chi connectivity index (χ4n) is 3.34. The zero-order valence-corrected chi connectivity index (χ0v) is 19.6. The third-order valence-corrected chi connectivity index (χ3v) is 5.37. The Hall–Kier alpha value is -3.33. The molecule has 0 saturated heterocycles. The first-order chi connectivity index (χ1) is 15.5. The predicted octanol–water partition coefficient (Wildman–Crippen LogP) is 4.07. The molecule has 1 heterocycles. The summed E-state index contributed by atoms with van der Waals surface area (Å²) >= 11 is 5.39. The number of nitrogens with one attached hydrogen (secondary N) is 1. The Balaban J connectivity index is 1.67. The maximum atomic E-state index is 12.8. The highest BCUT2D eigenvalue weighted by molar-refractivity contribution is 7.71. The molecule has 1 amide bonds. The minimum Gasteiger partial charge on any atom is -0.497 e. The van der Waals surface area contributed by atoms with Crippen LogP contribution >= 0.6 is 12.2 Å². The molecule has 0 unspecified atom stereocenters. The zero-order valence-electron chi connectivity index (χ0n) is 18.8. The minimum absolute atomic E-state index is 0.0105. The Labute approximate surface area is 192 Å². The maximum Gasteiger partial charge on any atom is 0.224 e. The molecule has 2 aromatic carbocycles. The number of ether oxygens (including phenoxy) is 3. The Kier molecular flexibility index (Phi) is 7.88. The molecule has 3 rings (SSSR count). The highest BCUT2D eigenvalue weighted by Gasteiger charge is 2.15. The van der Waals surface area contributed by atoms with E-state index in [0.29, 0.717) is 41.8 Å². The Morgan fingerprint density at radius 1 is 1.12 bits per heavy atom. The molecule has 8 nitrogen and oxygen atoms in total. The zero-order chi connectivity index (χ0) is 23.1. The monoisotopic (exact) mass is 456 g/mol. The maximum absolute atomic E-state index is 12.8. The van der Waals surface area contributed by atoms with Gasteiger partial charge in [0, 0.05) is 43.8 Å². The first kappa shape index (κ1) is 23.3. The second-order valence-electron chi connectivity index (χ2n) is 7.14. The number of aromatic amines is 1. The third-order valence-electron chi connectivity index (χ3n) is 5.06. The second-order valence-corrected chi connectivity index (χ2v) is 7.53.